The third kappa shape index (κ3) is 2.58. The van der Waals surface area contributed by atoms with Gasteiger partial charge in [0.15, 0.2) is 0 Å². The number of hydrogen-bond acceptors (Lipinski definition) is 2. The summed E-state index contributed by atoms with van der Waals surface area (Å²) in [7, 11) is 0. The van der Waals surface area contributed by atoms with Crippen molar-refractivity contribution < 1.29 is 9.59 Å². The third-order valence-electron chi connectivity index (χ3n) is 2.24. The van der Waals surface area contributed by atoms with Crippen LogP contribution in [0.2, 0.25) is 0 Å². The molecule has 78 valence electrons. The number of carbonyl (C=O) groups is 2. The summed E-state index contributed by atoms with van der Waals surface area (Å²) >= 11 is 0. The normalized spacial score (nSPS) is 21.1. The van der Waals surface area contributed by atoms with E-state index in [1.165, 1.54) is 6.08 Å². The van der Waals surface area contributed by atoms with Gasteiger partial charge in [0.25, 0.3) is 0 Å². The lowest BCUT2D eigenvalue weighted by molar-refractivity contribution is -0.127. The van der Waals surface area contributed by atoms with Crippen molar-refractivity contribution in [2.45, 2.75) is 25.8 Å². The highest BCUT2D eigenvalue weighted by Gasteiger charge is 2.29. The van der Waals surface area contributed by atoms with Crippen LogP contribution < -0.4 is 5.32 Å². The van der Waals surface area contributed by atoms with Crippen molar-refractivity contribution in [3.8, 4) is 0 Å². The molecule has 0 aromatic carbocycles. The Kier molecular flexibility index (Phi) is 3.68. The van der Waals surface area contributed by atoms with Crippen LogP contribution >= 0.6 is 0 Å². The molecule has 0 saturated carbocycles. The van der Waals surface area contributed by atoms with E-state index >= 15 is 0 Å². The highest BCUT2D eigenvalue weighted by Crippen LogP contribution is 2.11. The van der Waals surface area contributed by atoms with Crippen LogP contribution in [-0.4, -0.2) is 35.8 Å². The quantitative estimate of drug-likeness (QED) is 0.657. The zero-order chi connectivity index (χ0) is 10.6. The van der Waals surface area contributed by atoms with E-state index in [0.29, 0.717) is 13.0 Å². The number of nitrogens with one attached hydrogen (secondary N) is 1. The maximum absolute atomic E-state index is 11.4. The molecule has 0 aromatic heterocycles. The Hall–Kier alpha value is -1.32. The molecular weight excluding hydrogens is 180 g/mol. The molecule has 1 aliphatic heterocycles. The van der Waals surface area contributed by atoms with Gasteiger partial charge in [-0.05, 0) is 12.5 Å². The van der Waals surface area contributed by atoms with Crippen molar-refractivity contribution in [2.75, 3.05) is 13.1 Å². The van der Waals surface area contributed by atoms with Gasteiger partial charge in [0.2, 0.25) is 11.8 Å². The van der Waals surface area contributed by atoms with Gasteiger partial charge in [0.1, 0.15) is 0 Å². The monoisotopic (exact) mass is 196 g/mol. The molecule has 0 bridgehead atoms. The van der Waals surface area contributed by atoms with Crippen molar-refractivity contribution in [2.24, 2.45) is 0 Å². The Bertz CT molecular complexity index is 251. The van der Waals surface area contributed by atoms with Gasteiger partial charge in [-0.3, -0.25) is 9.59 Å². The maximum Gasteiger partial charge on any atom is 0.243 e. The fourth-order valence-electron chi connectivity index (χ4n) is 1.61. The minimum Gasteiger partial charge on any atom is -0.348 e. The Labute approximate surface area is 84.0 Å². The minimum absolute atomic E-state index is 0.0421. The molecule has 1 N–H and O–H groups in total. The molecule has 14 heavy (non-hydrogen) atoms. The molecule has 1 unspecified atom stereocenters. The van der Waals surface area contributed by atoms with E-state index in [4.69, 9.17) is 0 Å². The van der Waals surface area contributed by atoms with Crippen LogP contribution in [-0.2, 0) is 9.59 Å². The second-order valence-electron chi connectivity index (χ2n) is 3.45. The van der Waals surface area contributed by atoms with Crippen molar-refractivity contribution in [3.63, 3.8) is 0 Å². The van der Waals surface area contributed by atoms with E-state index in [9.17, 15) is 9.59 Å². The molecule has 0 spiro atoms. The van der Waals surface area contributed by atoms with E-state index in [-0.39, 0.29) is 17.9 Å². The summed E-state index contributed by atoms with van der Waals surface area (Å²) in [5.74, 6) is -0.0811. The lowest BCUT2D eigenvalue weighted by Crippen LogP contribution is -2.36. The molecule has 1 fully saturated rings. The molecule has 0 aliphatic carbocycles. The predicted molar refractivity (Wildman–Crippen MR) is 53.6 cm³/mol. The lowest BCUT2D eigenvalue weighted by Gasteiger charge is -2.15. The zero-order valence-corrected chi connectivity index (χ0v) is 8.45. The first-order chi connectivity index (χ1) is 6.67. The molecule has 4 nitrogen and oxygen atoms in total. The number of carbonyl (C=O) groups excluding carboxylic acids is 2. The molecule has 1 saturated heterocycles. The van der Waals surface area contributed by atoms with Crippen LogP contribution in [0.15, 0.2) is 12.7 Å². The maximum atomic E-state index is 11.4. The van der Waals surface area contributed by atoms with Crippen LogP contribution in [0.5, 0.6) is 0 Å². The van der Waals surface area contributed by atoms with Gasteiger partial charge < -0.3 is 10.2 Å². The van der Waals surface area contributed by atoms with Gasteiger partial charge in [-0.25, -0.2) is 0 Å². The van der Waals surface area contributed by atoms with Gasteiger partial charge in [0.05, 0.1) is 6.04 Å². The van der Waals surface area contributed by atoms with Gasteiger partial charge in [-0.1, -0.05) is 13.5 Å². The van der Waals surface area contributed by atoms with Gasteiger partial charge >= 0.3 is 0 Å². The minimum atomic E-state index is -0.207. The number of likely N-dealkylation sites (tertiary alicyclic amines) is 1. The molecule has 2 amide bonds. The Morgan fingerprint density at radius 3 is 3.07 bits per heavy atom. The molecule has 1 rings (SSSR count). The Morgan fingerprint density at radius 1 is 1.79 bits per heavy atom. The zero-order valence-electron chi connectivity index (χ0n) is 8.45. The fraction of sp³-hybridized carbons (Fsp3) is 0.600. The van der Waals surface area contributed by atoms with E-state index in [1.807, 2.05) is 6.92 Å². The van der Waals surface area contributed by atoms with E-state index in [0.717, 1.165) is 13.0 Å². The lowest BCUT2D eigenvalue weighted by atomic mass is 10.2. The number of amides is 2. The standard InChI is InChI=1S/C10H16N2O2/c1-3-5-12-7-8(6-10(12)14)11-9(13)4-2/h4,8H,2-3,5-7H2,1H3,(H,11,13). The smallest absolute Gasteiger partial charge is 0.243 e. The summed E-state index contributed by atoms with van der Waals surface area (Å²) in [6.45, 7) is 6.81. The SMILES string of the molecule is C=CC(=O)NC1CC(=O)N(CCC)C1. The van der Waals surface area contributed by atoms with Gasteiger partial charge in [-0.15, -0.1) is 0 Å². The van der Waals surface area contributed by atoms with Crippen LogP contribution in [0.25, 0.3) is 0 Å². The summed E-state index contributed by atoms with van der Waals surface area (Å²) in [6, 6.07) is -0.0421. The molecule has 0 aromatic rings. The second kappa shape index (κ2) is 4.79. The summed E-state index contributed by atoms with van der Waals surface area (Å²) < 4.78 is 0. The van der Waals surface area contributed by atoms with Crippen molar-refractivity contribution in [1.29, 1.82) is 0 Å². The topological polar surface area (TPSA) is 49.4 Å². The largest absolute Gasteiger partial charge is 0.348 e. The first kappa shape index (κ1) is 10.8. The van der Waals surface area contributed by atoms with Gasteiger partial charge in [-0.2, -0.15) is 0 Å². The summed E-state index contributed by atoms with van der Waals surface area (Å²) in [6.07, 6.45) is 2.60. The molecule has 1 heterocycles. The predicted octanol–water partition coefficient (Wildman–Crippen LogP) is 0.299. The van der Waals surface area contributed by atoms with E-state index < -0.39 is 0 Å². The first-order valence-corrected chi connectivity index (χ1v) is 4.88. The first-order valence-electron chi connectivity index (χ1n) is 4.88. The highest BCUT2D eigenvalue weighted by atomic mass is 16.2. The Balaban J connectivity index is 2.42. The van der Waals surface area contributed by atoms with Crippen molar-refractivity contribution in [1.82, 2.24) is 10.2 Å². The van der Waals surface area contributed by atoms with Gasteiger partial charge in [0, 0.05) is 19.5 Å². The number of nitrogens with zero attached hydrogens (tertiary/aromatic N) is 1. The third-order valence-corrected chi connectivity index (χ3v) is 2.24. The van der Waals surface area contributed by atoms with E-state index in [1.54, 1.807) is 4.90 Å². The second-order valence-corrected chi connectivity index (χ2v) is 3.45. The average molecular weight is 196 g/mol. The summed E-state index contributed by atoms with van der Waals surface area (Å²) in [4.78, 5) is 24.2. The molecule has 1 atom stereocenters. The van der Waals surface area contributed by atoms with Crippen LogP contribution in [0.4, 0.5) is 0 Å². The van der Waals surface area contributed by atoms with Crippen LogP contribution in [0.1, 0.15) is 19.8 Å². The molecule has 4 heteroatoms. The number of hydrogen-bond donors (Lipinski definition) is 1. The van der Waals surface area contributed by atoms with Crippen molar-refractivity contribution >= 4 is 11.8 Å². The Morgan fingerprint density at radius 2 is 2.50 bits per heavy atom. The van der Waals surface area contributed by atoms with E-state index in [2.05, 4.69) is 11.9 Å². The summed E-state index contributed by atoms with van der Waals surface area (Å²) in [5.41, 5.74) is 0. The van der Waals surface area contributed by atoms with Crippen LogP contribution in [0, 0.1) is 0 Å². The highest BCUT2D eigenvalue weighted by molar-refractivity contribution is 5.88. The summed E-state index contributed by atoms with van der Waals surface area (Å²) in [5, 5.41) is 2.73. The van der Waals surface area contributed by atoms with Crippen LogP contribution in [0.3, 0.4) is 0 Å². The molecular formula is C10H16N2O2. The van der Waals surface area contributed by atoms with Crippen molar-refractivity contribution in [3.05, 3.63) is 12.7 Å². The number of rotatable bonds is 4. The molecule has 1 aliphatic rings. The fourth-order valence-corrected chi connectivity index (χ4v) is 1.61. The molecule has 0 radical (unpaired) electrons. The average Bonchev–Trinajstić information content (AvgIpc) is 2.47.